The second-order valence-electron chi connectivity index (χ2n) is 13.7. The summed E-state index contributed by atoms with van der Waals surface area (Å²) >= 11 is 0. The van der Waals surface area contributed by atoms with Crippen LogP contribution in [0.1, 0.15) is 213 Å². The number of hydrogen-bond acceptors (Lipinski definition) is 4. The predicted molar refractivity (Wildman–Crippen MR) is 196 cm³/mol. The van der Waals surface area contributed by atoms with Gasteiger partial charge in [0.15, 0.2) is 0 Å². The Morgan fingerprint density at radius 3 is 1.52 bits per heavy atom. The van der Waals surface area contributed by atoms with E-state index in [1.54, 1.807) is 0 Å². The van der Waals surface area contributed by atoms with Crippen LogP contribution in [0.15, 0.2) is 24.3 Å². The average Bonchev–Trinajstić information content (AvgIpc) is 3.03. The lowest BCUT2D eigenvalue weighted by molar-refractivity contribution is -0.149. The van der Waals surface area contributed by atoms with Crippen molar-refractivity contribution in [2.24, 2.45) is 0 Å². The molecule has 0 amide bonds. The first-order valence-electron chi connectivity index (χ1n) is 19.9. The Bertz CT molecular complexity index is 716. The first kappa shape index (κ1) is 44.4. The highest BCUT2D eigenvalue weighted by molar-refractivity contribution is 5.69. The fraction of sp³-hybridized carbons (Fsp3) is 0.854. The zero-order valence-corrected chi connectivity index (χ0v) is 30.5. The Morgan fingerprint density at radius 2 is 0.957 bits per heavy atom. The summed E-state index contributed by atoms with van der Waals surface area (Å²) in [5.41, 5.74) is 0. The molecule has 0 aliphatic carbocycles. The molecule has 2 N–H and O–H groups in total. The Hall–Kier alpha value is -1.62. The topological polar surface area (TPSA) is 83.8 Å². The number of aliphatic hydroxyl groups is 1. The number of ether oxygens (including phenoxy) is 1. The number of carboxylic acids is 1. The van der Waals surface area contributed by atoms with Crippen molar-refractivity contribution in [3.8, 4) is 0 Å². The number of aliphatic hydroxyl groups excluding tert-OH is 1. The van der Waals surface area contributed by atoms with Gasteiger partial charge in [0.2, 0.25) is 0 Å². The maximum atomic E-state index is 12.6. The summed E-state index contributed by atoms with van der Waals surface area (Å²) in [5, 5.41) is 18.7. The molecule has 5 heteroatoms. The van der Waals surface area contributed by atoms with Gasteiger partial charge in [-0.25, -0.2) is 0 Å². The van der Waals surface area contributed by atoms with E-state index in [1.165, 1.54) is 103 Å². The third-order valence-electron chi connectivity index (χ3n) is 8.97. The normalized spacial score (nSPS) is 13.1. The minimum absolute atomic E-state index is 0.0132. The fourth-order valence-electron chi connectivity index (χ4n) is 5.94. The minimum Gasteiger partial charge on any atom is -0.481 e. The highest BCUT2D eigenvalue weighted by atomic mass is 16.5. The van der Waals surface area contributed by atoms with Crippen LogP contribution in [0.2, 0.25) is 0 Å². The van der Waals surface area contributed by atoms with Crippen LogP contribution in [0.4, 0.5) is 0 Å². The largest absolute Gasteiger partial charge is 0.481 e. The van der Waals surface area contributed by atoms with Crippen LogP contribution < -0.4 is 0 Å². The number of unbranched alkanes of at least 4 members (excludes halogenated alkanes) is 21. The van der Waals surface area contributed by atoms with Gasteiger partial charge in [-0.3, -0.25) is 9.59 Å². The van der Waals surface area contributed by atoms with Gasteiger partial charge in [-0.05, 0) is 64.2 Å². The summed E-state index contributed by atoms with van der Waals surface area (Å²) < 4.78 is 5.95. The summed E-state index contributed by atoms with van der Waals surface area (Å²) in [4.78, 5) is 23.2. The number of aliphatic carboxylic acids is 1. The quantitative estimate of drug-likeness (QED) is 0.0401. The van der Waals surface area contributed by atoms with Gasteiger partial charge >= 0.3 is 11.9 Å². The molecule has 2 atom stereocenters. The first-order valence-corrected chi connectivity index (χ1v) is 19.9. The number of carboxylic acid groups (broad SMARTS) is 1. The molecule has 0 aromatic heterocycles. The third-order valence-corrected chi connectivity index (χ3v) is 8.97. The molecular formula is C41H76O5. The summed E-state index contributed by atoms with van der Waals surface area (Å²) in [5.74, 6) is -0.706. The lowest BCUT2D eigenvalue weighted by Crippen LogP contribution is -2.17. The number of allylic oxidation sites excluding steroid dienone is 2. The van der Waals surface area contributed by atoms with Gasteiger partial charge < -0.3 is 14.9 Å². The zero-order chi connectivity index (χ0) is 33.8. The molecule has 0 rings (SSSR count). The van der Waals surface area contributed by atoms with E-state index in [0.29, 0.717) is 12.8 Å². The number of hydrogen-bond donors (Lipinski definition) is 2. The molecule has 46 heavy (non-hydrogen) atoms. The molecule has 0 radical (unpaired) electrons. The number of carbonyl (C=O) groups is 2. The highest BCUT2D eigenvalue weighted by Gasteiger charge is 2.13. The average molecular weight is 649 g/mol. The van der Waals surface area contributed by atoms with E-state index in [1.807, 2.05) is 0 Å². The molecule has 0 bridgehead atoms. The van der Waals surface area contributed by atoms with Crippen molar-refractivity contribution >= 4 is 11.9 Å². The highest BCUT2D eigenvalue weighted by Crippen LogP contribution is 2.17. The Labute approximate surface area is 285 Å². The predicted octanol–water partition coefficient (Wildman–Crippen LogP) is 12.6. The second kappa shape index (κ2) is 36.2. The Kier molecular flexibility index (Phi) is 34.9. The lowest BCUT2D eigenvalue weighted by atomic mass is 10.0. The lowest BCUT2D eigenvalue weighted by Gasteiger charge is -2.16. The van der Waals surface area contributed by atoms with Crippen LogP contribution in [0, 0.1) is 0 Å². The van der Waals surface area contributed by atoms with E-state index in [9.17, 15) is 14.7 Å². The summed E-state index contributed by atoms with van der Waals surface area (Å²) in [6.45, 7) is 4.46. The van der Waals surface area contributed by atoms with E-state index in [2.05, 4.69) is 38.2 Å². The van der Waals surface area contributed by atoms with Crippen molar-refractivity contribution in [2.75, 3.05) is 0 Å². The van der Waals surface area contributed by atoms with Gasteiger partial charge in [-0.2, -0.15) is 0 Å². The van der Waals surface area contributed by atoms with Gasteiger partial charge in [-0.15, -0.1) is 0 Å². The monoisotopic (exact) mass is 649 g/mol. The van der Waals surface area contributed by atoms with E-state index in [4.69, 9.17) is 9.84 Å². The van der Waals surface area contributed by atoms with Crippen LogP contribution in [-0.4, -0.2) is 34.4 Å². The molecule has 5 nitrogen and oxygen atoms in total. The maximum Gasteiger partial charge on any atom is 0.306 e. The molecule has 0 saturated heterocycles. The minimum atomic E-state index is -0.686. The molecule has 0 saturated carbocycles. The smallest absolute Gasteiger partial charge is 0.306 e. The van der Waals surface area contributed by atoms with E-state index < -0.39 is 5.97 Å². The molecule has 0 aromatic carbocycles. The Morgan fingerprint density at radius 1 is 0.522 bits per heavy atom. The molecule has 0 aliphatic heterocycles. The SMILES string of the molecule is CCCCCCC[C@H](C/C=C\CCCCCCCCCC(=O)O)OC(=O)CCCCCCCCCC=CCC(O)CCCCCC. The fourth-order valence-corrected chi connectivity index (χ4v) is 5.94. The van der Waals surface area contributed by atoms with Crippen LogP contribution in [0.5, 0.6) is 0 Å². The molecule has 270 valence electrons. The first-order chi connectivity index (χ1) is 22.5. The molecule has 0 fully saturated rings. The van der Waals surface area contributed by atoms with Gasteiger partial charge in [0, 0.05) is 19.3 Å². The van der Waals surface area contributed by atoms with Gasteiger partial charge in [0.1, 0.15) is 6.10 Å². The number of rotatable bonds is 36. The molecule has 0 heterocycles. The van der Waals surface area contributed by atoms with Crippen molar-refractivity contribution in [3.63, 3.8) is 0 Å². The van der Waals surface area contributed by atoms with E-state index in [-0.39, 0.29) is 18.2 Å². The van der Waals surface area contributed by atoms with Gasteiger partial charge in [0.25, 0.3) is 0 Å². The molecule has 1 unspecified atom stereocenters. The van der Waals surface area contributed by atoms with Crippen molar-refractivity contribution in [3.05, 3.63) is 24.3 Å². The second-order valence-corrected chi connectivity index (χ2v) is 13.7. The van der Waals surface area contributed by atoms with Crippen molar-refractivity contribution in [1.29, 1.82) is 0 Å². The van der Waals surface area contributed by atoms with E-state index >= 15 is 0 Å². The van der Waals surface area contributed by atoms with Crippen LogP contribution in [0.25, 0.3) is 0 Å². The summed E-state index contributed by atoms with van der Waals surface area (Å²) in [6, 6.07) is 0. The number of carbonyl (C=O) groups excluding carboxylic acids is 1. The standard InChI is InChI=1S/C41H76O5/c1-3-5-7-21-28-34-39(35-29-23-18-14-10-11-15-19-24-30-36-40(43)44)46-41(45)37-31-25-20-16-12-9-13-17-22-27-33-38(42)32-26-8-6-4-2/h22-23,27,29,38-39,42H,3-21,24-26,28,30-37H2,1-2H3,(H,43,44)/b27-22?,29-23-/t38?,39-/m1/s1. The molecule has 0 spiro atoms. The third kappa shape index (κ3) is 35.2. The summed E-state index contributed by atoms with van der Waals surface area (Å²) in [6.07, 6.45) is 42.4. The van der Waals surface area contributed by atoms with Gasteiger partial charge in [-0.1, -0.05) is 154 Å². The van der Waals surface area contributed by atoms with Crippen LogP contribution in [-0.2, 0) is 14.3 Å². The van der Waals surface area contributed by atoms with Crippen molar-refractivity contribution in [1.82, 2.24) is 0 Å². The Balaban J connectivity index is 3.95. The van der Waals surface area contributed by atoms with Crippen molar-refractivity contribution in [2.45, 2.75) is 225 Å². The molecule has 0 aromatic rings. The summed E-state index contributed by atoms with van der Waals surface area (Å²) in [7, 11) is 0. The van der Waals surface area contributed by atoms with Crippen molar-refractivity contribution < 1.29 is 24.5 Å². The van der Waals surface area contributed by atoms with E-state index in [0.717, 1.165) is 83.5 Å². The molecular weight excluding hydrogens is 572 g/mol. The number of esters is 1. The zero-order valence-electron chi connectivity index (χ0n) is 30.5. The van der Waals surface area contributed by atoms with Crippen LogP contribution in [0.3, 0.4) is 0 Å². The molecule has 0 aliphatic rings. The maximum absolute atomic E-state index is 12.6. The van der Waals surface area contributed by atoms with Crippen LogP contribution >= 0.6 is 0 Å². The van der Waals surface area contributed by atoms with Gasteiger partial charge in [0.05, 0.1) is 6.10 Å².